The number of halogens is 1. The maximum Gasteiger partial charge on any atom is 0.0464 e. The van der Waals surface area contributed by atoms with Gasteiger partial charge in [-0.15, -0.1) is 0 Å². The lowest BCUT2D eigenvalue weighted by Crippen LogP contribution is -2.12. The lowest BCUT2D eigenvalue weighted by atomic mass is 10.1. The van der Waals surface area contributed by atoms with Crippen molar-refractivity contribution in [1.82, 2.24) is 5.32 Å². The smallest absolute Gasteiger partial charge is 0.0464 e. The van der Waals surface area contributed by atoms with Crippen molar-refractivity contribution in [3.63, 3.8) is 0 Å². The van der Waals surface area contributed by atoms with Gasteiger partial charge in [0, 0.05) is 20.9 Å². The lowest BCUT2D eigenvalue weighted by Gasteiger charge is -2.13. The molecule has 1 N–H and O–H groups in total. The van der Waals surface area contributed by atoms with E-state index in [0.717, 1.165) is 10.6 Å². The quantitative estimate of drug-likeness (QED) is 0.843. The van der Waals surface area contributed by atoms with Crippen LogP contribution in [0.1, 0.15) is 24.1 Å². The van der Waals surface area contributed by atoms with Crippen LogP contribution >= 0.6 is 23.4 Å². The molecule has 19 heavy (non-hydrogen) atoms. The highest BCUT2D eigenvalue weighted by Gasteiger charge is 2.08. The molecule has 100 valence electrons. The van der Waals surface area contributed by atoms with E-state index in [1.807, 2.05) is 13.1 Å². The van der Waals surface area contributed by atoms with Gasteiger partial charge in [0.15, 0.2) is 0 Å². The molecule has 1 nitrogen and oxygen atoms in total. The van der Waals surface area contributed by atoms with Gasteiger partial charge in [0.2, 0.25) is 0 Å². The van der Waals surface area contributed by atoms with Crippen LogP contribution in [0, 0.1) is 6.92 Å². The fraction of sp³-hybridized carbons (Fsp3) is 0.250. The average molecular weight is 292 g/mol. The molecular formula is C16H18ClNS. The number of rotatable bonds is 4. The summed E-state index contributed by atoms with van der Waals surface area (Å²) in [4.78, 5) is 2.41. The number of aryl methyl sites for hydroxylation is 1. The van der Waals surface area contributed by atoms with Crippen LogP contribution in [0.2, 0.25) is 5.02 Å². The maximum absolute atomic E-state index is 6.35. The van der Waals surface area contributed by atoms with Crippen LogP contribution in [-0.4, -0.2) is 7.05 Å². The van der Waals surface area contributed by atoms with Crippen molar-refractivity contribution in [3.8, 4) is 0 Å². The highest BCUT2D eigenvalue weighted by Crippen LogP contribution is 2.32. The molecule has 0 aliphatic carbocycles. The molecule has 0 amide bonds. The van der Waals surface area contributed by atoms with Crippen molar-refractivity contribution in [2.24, 2.45) is 0 Å². The summed E-state index contributed by atoms with van der Waals surface area (Å²) in [5.74, 6) is 0. The van der Waals surface area contributed by atoms with E-state index in [1.165, 1.54) is 15.4 Å². The van der Waals surface area contributed by atoms with Gasteiger partial charge >= 0.3 is 0 Å². The van der Waals surface area contributed by atoms with Gasteiger partial charge in [0.05, 0.1) is 0 Å². The molecule has 0 heterocycles. The Hall–Kier alpha value is -0.960. The van der Waals surface area contributed by atoms with E-state index in [-0.39, 0.29) is 6.04 Å². The lowest BCUT2D eigenvalue weighted by molar-refractivity contribution is 0.652. The normalized spacial score (nSPS) is 12.4. The third-order valence-electron chi connectivity index (χ3n) is 3.10. The van der Waals surface area contributed by atoms with Crippen LogP contribution in [0.3, 0.4) is 0 Å². The van der Waals surface area contributed by atoms with Gasteiger partial charge in [-0.1, -0.05) is 47.1 Å². The maximum atomic E-state index is 6.35. The van der Waals surface area contributed by atoms with E-state index in [4.69, 9.17) is 11.6 Å². The topological polar surface area (TPSA) is 12.0 Å². The second-order valence-corrected chi connectivity index (χ2v) is 6.17. The predicted octanol–water partition coefficient (Wildman–Crippen LogP) is 5.08. The van der Waals surface area contributed by atoms with Crippen LogP contribution in [-0.2, 0) is 0 Å². The van der Waals surface area contributed by atoms with Gasteiger partial charge in [-0.2, -0.15) is 0 Å². The summed E-state index contributed by atoms with van der Waals surface area (Å²) in [6.07, 6.45) is 0. The zero-order valence-electron chi connectivity index (χ0n) is 11.4. The summed E-state index contributed by atoms with van der Waals surface area (Å²) in [6, 6.07) is 15.0. The first-order valence-corrected chi connectivity index (χ1v) is 7.51. The van der Waals surface area contributed by atoms with Crippen LogP contribution in [0.5, 0.6) is 0 Å². The predicted molar refractivity (Wildman–Crippen MR) is 84.2 cm³/mol. The summed E-state index contributed by atoms with van der Waals surface area (Å²) < 4.78 is 0. The van der Waals surface area contributed by atoms with Crippen molar-refractivity contribution < 1.29 is 0 Å². The van der Waals surface area contributed by atoms with E-state index < -0.39 is 0 Å². The molecule has 2 rings (SSSR count). The Balaban J connectivity index is 2.21. The third-order valence-corrected chi connectivity index (χ3v) is 4.40. The van der Waals surface area contributed by atoms with E-state index in [0.29, 0.717) is 0 Å². The third kappa shape index (κ3) is 3.75. The second-order valence-electron chi connectivity index (χ2n) is 4.61. The van der Waals surface area contributed by atoms with Gasteiger partial charge in [-0.3, -0.25) is 0 Å². The molecule has 2 aromatic carbocycles. The van der Waals surface area contributed by atoms with E-state index in [1.54, 1.807) is 11.8 Å². The highest BCUT2D eigenvalue weighted by molar-refractivity contribution is 7.99. The van der Waals surface area contributed by atoms with Crippen LogP contribution in [0.4, 0.5) is 0 Å². The Bertz CT molecular complexity index is 568. The SMILES string of the molecule is CNC(C)c1ccc(Sc2cccc(C)c2)cc1Cl. The first-order chi connectivity index (χ1) is 9.10. The summed E-state index contributed by atoms with van der Waals surface area (Å²) in [5, 5.41) is 4.03. The van der Waals surface area contributed by atoms with Gasteiger partial charge in [0.1, 0.15) is 0 Å². The summed E-state index contributed by atoms with van der Waals surface area (Å²) in [6.45, 7) is 4.21. The van der Waals surface area contributed by atoms with Crippen molar-refractivity contribution in [3.05, 3.63) is 58.6 Å². The number of hydrogen-bond donors (Lipinski definition) is 1. The summed E-state index contributed by atoms with van der Waals surface area (Å²) >= 11 is 8.09. The molecule has 0 spiro atoms. The van der Waals surface area contributed by atoms with Crippen LogP contribution < -0.4 is 5.32 Å². The molecule has 3 heteroatoms. The van der Waals surface area contributed by atoms with Crippen molar-refractivity contribution in [2.75, 3.05) is 7.05 Å². The minimum Gasteiger partial charge on any atom is -0.313 e. The van der Waals surface area contributed by atoms with E-state index in [9.17, 15) is 0 Å². The standard InChI is InChI=1S/C16H18ClNS/c1-11-5-4-6-13(9-11)19-14-7-8-15(12(2)18-3)16(17)10-14/h4-10,12,18H,1-3H3. The Morgan fingerprint density at radius 1 is 1.11 bits per heavy atom. The van der Waals surface area contributed by atoms with Crippen molar-refractivity contribution in [1.29, 1.82) is 0 Å². The molecule has 1 atom stereocenters. The van der Waals surface area contributed by atoms with Gasteiger partial charge < -0.3 is 5.32 Å². The fourth-order valence-corrected chi connectivity index (χ4v) is 3.28. The van der Waals surface area contributed by atoms with E-state index >= 15 is 0 Å². The van der Waals surface area contributed by atoms with E-state index in [2.05, 4.69) is 55.6 Å². The zero-order chi connectivity index (χ0) is 13.8. The fourth-order valence-electron chi connectivity index (χ4n) is 1.89. The molecular weight excluding hydrogens is 274 g/mol. The molecule has 0 fully saturated rings. The molecule has 0 bridgehead atoms. The molecule has 2 aromatic rings. The molecule has 0 saturated heterocycles. The number of benzene rings is 2. The molecule has 0 radical (unpaired) electrons. The minimum atomic E-state index is 0.269. The van der Waals surface area contributed by atoms with Crippen molar-refractivity contribution >= 4 is 23.4 Å². The van der Waals surface area contributed by atoms with Gasteiger partial charge in [-0.25, -0.2) is 0 Å². The van der Waals surface area contributed by atoms with Crippen LogP contribution in [0.15, 0.2) is 52.3 Å². The molecule has 1 unspecified atom stereocenters. The Kier molecular flexibility index (Phi) is 4.92. The zero-order valence-corrected chi connectivity index (χ0v) is 13.0. The minimum absolute atomic E-state index is 0.269. The highest BCUT2D eigenvalue weighted by atomic mass is 35.5. The first-order valence-electron chi connectivity index (χ1n) is 6.31. The van der Waals surface area contributed by atoms with Crippen LogP contribution in [0.25, 0.3) is 0 Å². The Morgan fingerprint density at radius 3 is 2.47 bits per heavy atom. The number of nitrogens with one attached hydrogen (secondary N) is 1. The molecule has 0 aliphatic rings. The van der Waals surface area contributed by atoms with Crippen molar-refractivity contribution in [2.45, 2.75) is 29.7 Å². The molecule has 0 saturated carbocycles. The van der Waals surface area contributed by atoms with Gasteiger partial charge in [-0.05, 0) is 50.7 Å². The van der Waals surface area contributed by atoms with Gasteiger partial charge in [0.25, 0.3) is 0 Å². The number of hydrogen-bond acceptors (Lipinski definition) is 2. The molecule has 0 aliphatic heterocycles. The summed E-state index contributed by atoms with van der Waals surface area (Å²) in [7, 11) is 1.94. The average Bonchev–Trinajstić information content (AvgIpc) is 2.38. The Labute approximate surface area is 124 Å². The summed E-state index contributed by atoms with van der Waals surface area (Å²) in [5.41, 5.74) is 2.41. The monoisotopic (exact) mass is 291 g/mol. The Morgan fingerprint density at radius 2 is 1.84 bits per heavy atom. The second kappa shape index (κ2) is 6.47. The first kappa shape index (κ1) is 14.4. The molecule has 0 aromatic heterocycles. The largest absolute Gasteiger partial charge is 0.313 e.